The second kappa shape index (κ2) is 8.30. The largest absolute Gasteiger partial charge is 0.491 e. The molecule has 8 nitrogen and oxygen atoms in total. The van der Waals surface area contributed by atoms with Crippen molar-refractivity contribution in [3.05, 3.63) is 71.4 Å². The number of carbonyl (C=O) groups is 2. The van der Waals surface area contributed by atoms with Crippen LogP contribution in [-0.4, -0.2) is 36.7 Å². The van der Waals surface area contributed by atoms with E-state index in [1.165, 1.54) is 0 Å². The second-order valence-corrected chi connectivity index (χ2v) is 8.93. The van der Waals surface area contributed by atoms with Gasteiger partial charge in [0.15, 0.2) is 11.5 Å². The smallest absolute Gasteiger partial charge is 0.257 e. The van der Waals surface area contributed by atoms with Gasteiger partial charge < -0.3 is 24.4 Å². The van der Waals surface area contributed by atoms with Crippen molar-refractivity contribution in [3.8, 4) is 17.2 Å². The monoisotopic (exact) mass is 471 g/mol. The summed E-state index contributed by atoms with van der Waals surface area (Å²) in [4.78, 5) is 33.8. The summed E-state index contributed by atoms with van der Waals surface area (Å²) in [5.41, 5.74) is 1.38. The average molecular weight is 472 g/mol. The number of anilines is 2. The van der Waals surface area contributed by atoms with Gasteiger partial charge in [0.2, 0.25) is 12.7 Å². The van der Waals surface area contributed by atoms with Crippen LogP contribution in [0.25, 0.3) is 0 Å². The van der Waals surface area contributed by atoms with Crippen molar-refractivity contribution in [1.29, 1.82) is 0 Å². The Bertz CT molecular complexity index is 1330. The van der Waals surface area contributed by atoms with Crippen LogP contribution in [-0.2, 0) is 10.2 Å². The van der Waals surface area contributed by atoms with Crippen LogP contribution < -0.4 is 24.4 Å². The highest BCUT2D eigenvalue weighted by Crippen LogP contribution is 2.56. The first-order valence-electron chi connectivity index (χ1n) is 11.9. The summed E-state index contributed by atoms with van der Waals surface area (Å²) < 4.78 is 17.2. The molecular formula is C27H25N3O5. The molecule has 1 N–H and O–H groups in total. The van der Waals surface area contributed by atoms with E-state index in [0.29, 0.717) is 46.3 Å². The zero-order chi connectivity index (χ0) is 24.0. The molecule has 0 bridgehead atoms. The van der Waals surface area contributed by atoms with Crippen LogP contribution in [0.1, 0.15) is 47.7 Å². The highest BCUT2D eigenvalue weighted by Gasteiger charge is 2.58. The minimum Gasteiger partial charge on any atom is -0.491 e. The molecule has 2 aromatic carbocycles. The maximum absolute atomic E-state index is 14.2. The predicted octanol–water partition coefficient (Wildman–Crippen LogP) is 4.28. The molecule has 4 heterocycles. The molecule has 1 unspecified atom stereocenters. The topological polar surface area (TPSA) is 90.0 Å². The lowest BCUT2D eigenvalue weighted by molar-refractivity contribution is -0.122. The van der Waals surface area contributed by atoms with Crippen molar-refractivity contribution in [2.24, 2.45) is 0 Å². The molecule has 0 fully saturated rings. The van der Waals surface area contributed by atoms with Gasteiger partial charge in [0.25, 0.3) is 5.91 Å². The minimum absolute atomic E-state index is 0.0840. The van der Waals surface area contributed by atoms with Crippen LogP contribution in [0, 0.1) is 0 Å². The normalized spacial score (nSPS) is 19.0. The number of hydrogen-bond donors (Lipinski definition) is 1. The lowest BCUT2D eigenvalue weighted by Crippen LogP contribution is -2.43. The van der Waals surface area contributed by atoms with E-state index in [9.17, 15) is 9.59 Å². The molecule has 8 heteroatoms. The van der Waals surface area contributed by atoms with Crippen molar-refractivity contribution in [2.75, 3.05) is 30.2 Å². The summed E-state index contributed by atoms with van der Waals surface area (Å²) >= 11 is 0. The number of ether oxygens (including phenoxy) is 3. The summed E-state index contributed by atoms with van der Waals surface area (Å²) in [5.74, 6) is 1.77. The van der Waals surface area contributed by atoms with Crippen LogP contribution in [0.2, 0.25) is 0 Å². The summed E-state index contributed by atoms with van der Waals surface area (Å²) in [6.07, 6.45) is 4.55. The summed E-state index contributed by atoms with van der Waals surface area (Å²) in [6.45, 7) is 2.93. The Morgan fingerprint density at radius 3 is 2.71 bits per heavy atom. The summed E-state index contributed by atoms with van der Waals surface area (Å²) in [5, 5.41) is 2.88. The molecule has 0 saturated heterocycles. The van der Waals surface area contributed by atoms with Crippen molar-refractivity contribution in [1.82, 2.24) is 4.98 Å². The Morgan fingerprint density at radius 2 is 1.91 bits per heavy atom. The molecular weight excluding hydrogens is 446 g/mol. The molecule has 3 aliphatic heterocycles. The Morgan fingerprint density at radius 1 is 1.06 bits per heavy atom. The van der Waals surface area contributed by atoms with E-state index in [0.717, 1.165) is 24.9 Å². The Balaban J connectivity index is 1.50. The van der Waals surface area contributed by atoms with Gasteiger partial charge in [-0.15, -0.1) is 0 Å². The molecule has 1 aromatic heterocycles. The van der Waals surface area contributed by atoms with Gasteiger partial charge in [-0.1, -0.05) is 31.9 Å². The van der Waals surface area contributed by atoms with Gasteiger partial charge in [-0.2, -0.15) is 0 Å². The maximum Gasteiger partial charge on any atom is 0.257 e. The fourth-order valence-corrected chi connectivity index (χ4v) is 5.24. The van der Waals surface area contributed by atoms with Gasteiger partial charge in [0.05, 0.1) is 0 Å². The van der Waals surface area contributed by atoms with Gasteiger partial charge in [0, 0.05) is 41.2 Å². The van der Waals surface area contributed by atoms with Gasteiger partial charge in [0.1, 0.15) is 23.6 Å². The highest BCUT2D eigenvalue weighted by atomic mass is 16.7. The number of fused-ring (bicyclic) bond motifs is 5. The fraction of sp³-hybridized carbons (Fsp3) is 0.296. The predicted molar refractivity (Wildman–Crippen MR) is 129 cm³/mol. The number of nitrogens with zero attached hydrogens (tertiary/aromatic N) is 2. The number of nitrogens with one attached hydrogen (secondary N) is 1. The van der Waals surface area contributed by atoms with E-state index in [2.05, 4.69) is 17.2 Å². The lowest BCUT2D eigenvalue weighted by Gasteiger charge is -2.24. The number of hydrogen-bond acceptors (Lipinski definition) is 6. The van der Waals surface area contributed by atoms with E-state index >= 15 is 0 Å². The molecule has 0 radical (unpaired) electrons. The van der Waals surface area contributed by atoms with Gasteiger partial charge >= 0.3 is 0 Å². The Kier molecular flexibility index (Phi) is 5.09. The highest BCUT2D eigenvalue weighted by molar-refractivity contribution is 6.16. The zero-order valence-corrected chi connectivity index (χ0v) is 19.4. The van der Waals surface area contributed by atoms with E-state index in [4.69, 9.17) is 14.2 Å². The number of pyridine rings is 1. The molecule has 0 aliphatic carbocycles. The van der Waals surface area contributed by atoms with Gasteiger partial charge in [-0.3, -0.25) is 9.59 Å². The third-order valence-electron chi connectivity index (χ3n) is 6.89. The van der Waals surface area contributed by atoms with Crippen molar-refractivity contribution in [2.45, 2.75) is 31.6 Å². The average Bonchev–Trinajstić information content (AvgIpc) is 3.55. The van der Waals surface area contributed by atoms with Crippen LogP contribution in [0.4, 0.5) is 11.5 Å². The molecule has 35 heavy (non-hydrogen) atoms. The molecule has 3 aromatic rings. The first-order chi connectivity index (χ1) is 17.1. The molecule has 3 aliphatic rings. The fourth-order valence-electron chi connectivity index (χ4n) is 5.24. The maximum atomic E-state index is 14.2. The number of aromatic nitrogens is 1. The number of amides is 2. The van der Waals surface area contributed by atoms with E-state index < -0.39 is 5.41 Å². The van der Waals surface area contributed by atoms with Crippen LogP contribution in [0.15, 0.2) is 54.7 Å². The van der Waals surface area contributed by atoms with Crippen LogP contribution in [0.5, 0.6) is 17.2 Å². The molecule has 0 saturated carbocycles. The SMILES string of the molecule is CCCCCN1C(=O)C2(COc3cc4c(cc32)OCO4)c2c(C(=O)Nc3ccccn3)cccc21. The number of benzene rings is 2. The van der Waals surface area contributed by atoms with E-state index in [1.54, 1.807) is 30.5 Å². The number of unbranched alkanes of at least 4 members (excludes halogenated alkanes) is 2. The lowest BCUT2D eigenvalue weighted by atomic mass is 9.75. The standard InChI is InChI=1S/C27H25N3O5/c1-2-3-6-12-30-19-9-7-8-17(25(31)29-23-10-4-5-11-28-23)24(19)27(26(30)32)15-33-20-14-22-21(13-18(20)27)34-16-35-22/h4-5,7-11,13-14H,2-3,6,12,15-16H2,1H3,(H,28,29,31). The van der Waals surface area contributed by atoms with Crippen molar-refractivity contribution >= 4 is 23.3 Å². The quantitative estimate of drug-likeness (QED) is 0.540. The molecule has 178 valence electrons. The van der Waals surface area contributed by atoms with Crippen LogP contribution in [0.3, 0.4) is 0 Å². The molecule has 1 atom stereocenters. The van der Waals surface area contributed by atoms with E-state index in [1.807, 2.05) is 29.2 Å². The third kappa shape index (κ3) is 3.24. The molecule has 2 amide bonds. The summed E-state index contributed by atoms with van der Waals surface area (Å²) in [6, 6.07) is 14.4. The number of rotatable bonds is 6. The Hall–Kier alpha value is -4.07. The molecule has 6 rings (SSSR count). The second-order valence-electron chi connectivity index (χ2n) is 8.93. The van der Waals surface area contributed by atoms with Gasteiger partial charge in [-0.05, 0) is 36.8 Å². The molecule has 1 spiro atoms. The van der Waals surface area contributed by atoms with Crippen LogP contribution >= 0.6 is 0 Å². The minimum atomic E-state index is -1.14. The van der Waals surface area contributed by atoms with Crippen molar-refractivity contribution < 1.29 is 23.8 Å². The number of carbonyl (C=O) groups excluding carboxylic acids is 2. The third-order valence-corrected chi connectivity index (χ3v) is 6.89. The first-order valence-corrected chi connectivity index (χ1v) is 11.9. The van der Waals surface area contributed by atoms with Crippen molar-refractivity contribution in [3.63, 3.8) is 0 Å². The Labute approximate surface area is 202 Å². The summed E-state index contributed by atoms with van der Waals surface area (Å²) in [7, 11) is 0. The first kappa shape index (κ1) is 21.5. The van der Waals surface area contributed by atoms with E-state index in [-0.39, 0.29) is 25.2 Å². The van der Waals surface area contributed by atoms with Gasteiger partial charge in [-0.25, -0.2) is 4.98 Å². The zero-order valence-electron chi connectivity index (χ0n) is 19.4.